The van der Waals surface area contributed by atoms with Gasteiger partial charge in [-0.2, -0.15) is 0 Å². The molecule has 0 spiro atoms. The molecule has 0 saturated carbocycles. The highest BCUT2D eigenvalue weighted by atomic mass is 35.5. The Morgan fingerprint density at radius 3 is 2.44 bits per heavy atom. The summed E-state index contributed by atoms with van der Waals surface area (Å²) < 4.78 is 7.15. The Hall–Kier alpha value is -1.72. The molecule has 1 amide bonds. The zero-order chi connectivity index (χ0) is 19.8. The van der Waals surface area contributed by atoms with E-state index >= 15 is 0 Å². The summed E-state index contributed by atoms with van der Waals surface area (Å²) in [5.41, 5.74) is -0.558. The van der Waals surface area contributed by atoms with Crippen molar-refractivity contribution in [2.45, 2.75) is 45.8 Å². The fraction of sp³-hybridized carbons (Fsp3) is 0.500. The first kappa shape index (κ1) is 20.0. The Balaban J connectivity index is 1.67. The van der Waals surface area contributed by atoms with Crippen LogP contribution in [0.15, 0.2) is 29.2 Å². The molecule has 3 rings (SSSR count). The van der Waals surface area contributed by atoms with Gasteiger partial charge in [0.1, 0.15) is 5.60 Å². The first-order valence-corrected chi connectivity index (χ1v) is 9.86. The molecular formula is C20H24Cl2N2O3. The lowest BCUT2D eigenvalue weighted by Crippen LogP contribution is -2.42. The smallest absolute Gasteiger partial charge is 0.410 e. The summed E-state index contributed by atoms with van der Waals surface area (Å²) in [4.78, 5) is 26.7. The van der Waals surface area contributed by atoms with Crippen molar-refractivity contribution >= 4 is 40.1 Å². The minimum absolute atomic E-state index is 0.0689. The first-order valence-electron chi connectivity index (χ1n) is 9.11. The molecule has 0 atom stereocenters. The highest BCUT2D eigenvalue weighted by Crippen LogP contribution is 2.29. The lowest BCUT2D eigenvalue weighted by atomic mass is 9.97. The van der Waals surface area contributed by atoms with Gasteiger partial charge in [-0.1, -0.05) is 23.2 Å². The van der Waals surface area contributed by atoms with Crippen molar-refractivity contribution in [2.75, 3.05) is 13.1 Å². The van der Waals surface area contributed by atoms with Crippen LogP contribution in [0.5, 0.6) is 0 Å². The molecule has 1 aliphatic rings. The van der Waals surface area contributed by atoms with E-state index in [1.165, 1.54) is 0 Å². The van der Waals surface area contributed by atoms with Crippen LogP contribution in [0.3, 0.4) is 0 Å². The van der Waals surface area contributed by atoms with E-state index in [0.717, 1.165) is 12.8 Å². The number of piperidine rings is 1. The number of nitrogens with zero attached hydrogens (tertiary/aromatic N) is 2. The molecule has 1 aromatic heterocycles. The molecule has 0 bridgehead atoms. The minimum atomic E-state index is -0.490. The Labute approximate surface area is 168 Å². The number of benzene rings is 1. The number of pyridine rings is 1. The molecule has 0 N–H and O–H groups in total. The van der Waals surface area contributed by atoms with Crippen molar-refractivity contribution in [1.29, 1.82) is 0 Å². The lowest BCUT2D eigenvalue weighted by molar-refractivity contribution is 0.0178. The van der Waals surface area contributed by atoms with Crippen LogP contribution in [0.1, 0.15) is 33.6 Å². The second kappa shape index (κ2) is 7.72. The lowest BCUT2D eigenvalue weighted by Gasteiger charge is -2.33. The molecular weight excluding hydrogens is 387 g/mol. The molecule has 27 heavy (non-hydrogen) atoms. The van der Waals surface area contributed by atoms with Gasteiger partial charge in [0.25, 0.3) is 5.56 Å². The predicted octanol–water partition coefficient (Wildman–Crippen LogP) is 4.96. The molecule has 1 aromatic carbocycles. The van der Waals surface area contributed by atoms with Gasteiger partial charge in [0.15, 0.2) is 0 Å². The molecule has 0 unspecified atom stereocenters. The number of halogens is 2. The molecule has 0 aliphatic carbocycles. The van der Waals surface area contributed by atoms with E-state index in [0.29, 0.717) is 46.4 Å². The Kier molecular flexibility index (Phi) is 5.73. The van der Waals surface area contributed by atoms with E-state index in [2.05, 4.69) is 0 Å². The highest BCUT2D eigenvalue weighted by Gasteiger charge is 2.27. The van der Waals surface area contributed by atoms with Crippen LogP contribution in [0.2, 0.25) is 10.0 Å². The summed E-state index contributed by atoms with van der Waals surface area (Å²) >= 11 is 12.2. The molecule has 5 nitrogen and oxygen atoms in total. The number of hydrogen-bond acceptors (Lipinski definition) is 3. The predicted molar refractivity (Wildman–Crippen MR) is 109 cm³/mol. The van der Waals surface area contributed by atoms with E-state index in [-0.39, 0.29) is 11.7 Å². The van der Waals surface area contributed by atoms with Crippen molar-refractivity contribution in [3.05, 3.63) is 44.8 Å². The van der Waals surface area contributed by atoms with Crippen molar-refractivity contribution in [2.24, 2.45) is 5.92 Å². The van der Waals surface area contributed by atoms with Gasteiger partial charge in [-0.25, -0.2) is 4.79 Å². The third kappa shape index (κ3) is 4.58. The van der Waals surface area contributed by atoms with Crippen LogP contribution in [-0.4, -0.2) is 34.3 Å². The summed E-state index contributed by atoms with van der Waals surface area (Å²) in [5, 5.41) is 2.09. The van der Waals surface area contributed by atoms with Crippen molar-refractivity contribution in [1.82, 2.24) is 9.47 Å². The largest absolute Gasteiger partial charge is 0.444 e. The summed E-state index contributed by atoms with van der Waals surface area (Å²) in [6, 6.07) is 5.20. The summed E-state index contributed by atoms with van der Waals surface area (Å²) in [6.07, 6.45) is 3.18. The Morgan fingerprint density at radius 1 is 1.15 bits per heavy atom. The van der Waals surface area contributed by atoms with Gasteiger partial charge in [-0.15, -0.1) is 0 Å². The van der Waals surface area contributed by atoms with Crippen LogP contribution in [0.4, 0.5) is 4.79 Å². The molecule has 7 heteroatoms. The minimum Gasteiger partial charge on any atom is -0.444 e. The zero-order valence-electron chi connectivity index (χ0n) is 15.8. The third-order valence-electron chi connectivity index (χ3n) is 4.77. The van der Waals surface area contributed by atoms with E-state index in [1.807, 2.05) is 26.8 Å². The van der Waals surface area contributed by atoms with Gasteiger partial charge in [0.05, 0.1) is 10.0 Å². The molecule has 146 valence electrons. The Morgan fingerprint density at radius 2 is 1.81 bits per heavy atom. The fourth-order valence-electron chi connectivity index (χ4n) is 3.35. The average molecular weight is 411 g/mol. The van der Waals surface area contributed by atoms with Crippen LogP contribution < -0.4 is 5.56 Å². The van der Waals surface area contributed by atoms with Gasteiger partial charge in [-0.05, 0) is 57.7 Å². The molecule has 1 aliphatic heterocycles. The number of carbonyl (C=O) groups is 1. The highest BCUT2D eigenvalue weighted by molar-refractivity contribution is 6.45. The number of likely N-dealkylation sites (tertiary alicyclic amines) is 1. The second-order valence-electron chi connectivity index (χ2n) is 8.01. The number of rotatable bonds is 2. The normalized spacial score (nSPS) is 16.0. The molecule has 1 fully saturated rings. The number of ether oxygens (including phenoxy) is 1. The number of hydrogen-bond donors (Lipinski definition) is 0. The number of carbonyl (C=O) groups excluding carboxylic acids is 1. The van der Waals surface area contributed by atoms with Gasteiger partial charge < -0.3 is 14.2 Å². The molecule has 0 radical (unpaired) electrons. The number of fused-ring (bicyclic) bond motifs is 1. The number of amides is 1. The van der Waals surface area contributed by atoms with Crippen LogP contribution in [0.25, 0.3) is 10.8 Å². The van der Waals surface area contributed by atoms with Crippen molar-refractivity contribution < 1.29 is 9.53 Å². The van der Waals surface area contributed by atoms with E-state index in [1.54, 1.807) is 27.8 Å². The van der Waals surface area contributed by atoms with Gasteiger partial charge >= 0.3 is 6.09 Å². The van der Waals surface area contributed by atoms with E-state index in [9.17, 15) is 9.59 Å². The van der Waals surface area contributed by atoms with E-state index in [4.69, 9.17) is 27.9 Å². The number of aromatic nitrogens is 1. The van der Waals surface area contributed by atoms with Crippen molar-refractivity contribution in [3.63, 3.8) is 0 Å². The van der Waals surface area contributed by atoms with Gasteiger partial charge in [0, 0.05) is 36.6 Å². The summed E-state index contributed by atoms with van der Waals surface area (Å²) in [6.45, 7) is 7.50. The summed E-state index contributed by atoms with van der Waals surface area (Å²) in [5.74, 6) is 0.335. The average Bonchev–Trinajstić information content (AvgIpc) is 2.60. The SMILES string of the molecule is CC(C)(C)OC(=O)N1CCC(Cn2ccc3c(Cl)c(Cl)ccc3c2=O)CC1. The van der Waals surface area contributed by atoms with E-state index < -0.39 is 5.60 Å². The molecule has 2 heterocycles. The molecule has 1 saturated heterocycles. The second-order valence-corrected chi connectivity index (χ2v) is 8.79. The maximum Gasteiger partial charge on any atom is 0.410 e. The van der Waals surface area contributed by atoms with Gasteiger partial charge in [0.2, 0.25) is 0 Å². The topological polar surface area (TPSA) is 51.5 Å². The van der Waals surface area contributed by atoms with Crippen LogP contribution in [-0.2, 0) is 11.3 Å². The third-order valence-corrected chi connectivity index (χ3v) is 5.59. The maximum absolute atomic E-state index is 12.8. The van der Waals surface area contributed by atoms with Gasteiger partial charge in [-0.3, -0.25) is 4.79 Å². The standard InChI is InChI=1S/C20H24Cl2N2O3/c1-20(2,3)27-19(26)23-9-6-13(7-10-23)12-24-11-8-14-15(18(24)25)4-5-16(21)17(14)22/h4-5,8,11,13H,6-7,9-10,12H2,1-3H3. The van der Waals surface area contributed by atoms with Crippen molar-refractivity contribution in [3.8, 4) is 0 Å². The molecule has 2 aromatic rings. The Bertz CT molecular complexity index is 910. The zero-order valence-corrected chi connectivity index (χ0v) is 17.3. The fourth-order valence-corrected chi connectivity index (χ4v) is 3.74. The van der Waals surface area contributed by atoms with Crippen LogP contribution in [0, 0.1) is 5.92 Å². The van der Waals surface area contributed by atoms with Crippen LogP contribution >= 0.6 is 23.2 Å². The first-order chi connectivity index (χ1) is 12.7. The quantitative estimate of drug-likeness (QED) is 0.702. The monoisotopic (exact) mass is 410 g/mol. The summed E-state index contributed by atoms with van der Waals surface area (Å²) in [7, 11) is 0. The maximum atomic E-state index is 12.8.